The second kappa shape index (κ2) is 11.3. The van der Waals surface area contributed by atoms with Crippen LogP contribution in [0.25, 0.3) is 11.0 Å². The van der Waals surface area contributed by atoms with E-state index in [4.69, 9.17) is 9.47 Å². The number of benzene rings is 1. The van der Waals surface area contributed by atoms with Gasteiger partial charge in [0.2, 0.25) is 18.1 Å². The fourth-order valence-electron chi connectivity index (χ4n) is 4.97. The second-order valence-corrected chi connectivity index (χ2v) is 10.9. The fourth-order valence-corrected chi connectivity index (χ4v) is 6.51. The summed E-state index contributed by atoms with van der Waals surface area (Å²) in [4.78, 5) is 35.8. The lowest BCUT2D eigenvalue weighted by atomic mass is 9.96. The number of hydrogen-bond donors (Lipinski definition) is 6. The Balaban J connectivity index is 1.15. The quantitative estimate of drug-likeness (QED) is 0.210. The van der Waals surface area contributed by atoms with Gasteiger partial charge in [-0.1, -0.05) is 0 Å². The molecule has 3 aliphatic heterocycles. The summed E-state index contributed by atoms with van der Waals surface area (Å²) >= 11 is 1.78. The Morgan fingerprint density at radius 1 is 1.21 bits per heavy atom. The zero-order valence-electron chi connectivity index (χ0n) is 20.5. The van der Waals surface area contributed by atoms with E-state index in [0.29, 0.717) is 23.2 Å². The zero-order chi connectivity index (χ0) is 26.8. The molecule has 0 saturated carbocycles. The van der Waals surface area contributed by atoms with E-state index in [1.807, 2.05) is 0 Å². The van der Waals surface area contributed by atoms with Crippen LogP contribution in [0.4, 0.5) is 4.79 Å². The summed E-state index contributed by atoms with van der Waals surface area (Å²) in [7, 11) is 0. The summed E-state index contributed by atoms with van der Waals surface area (Å²) in [6, 6.07) is 3.79. The van der Waals surface area contributed by atoms with E-state index in [-0.39, 0.29) is 42.2 Å². The van der Waals surface area contributed by atoms with Crippen molar-refractivity contribution >= 4 is 40.6 Å². The Morgan fingerprint density at radius 2 is 2.03 bits per heavy atom. The maximum Gasteiger partial charge on any atom is 0.315 e. The van der Waals surface area contributed by atoms with Crippen molar-refractivity contribution in [3.05, 3.63) is 18.2 Å². The van der Waals surface area contributed by atoms with Gasteiger partial charge in [0, 0.05) is 37.0 Å². The summed E-state index contributed by atoms with van der Waals surface area (Å²) < 4.78 is 16.5. The topological polar surface area (TPSA) is 197 Å². The number of thioether (sulfide) groups is 1. The zero-order valence-corrected chi connectivity index (χ0v) is 21.3. The van der Waals surface area contributed by atoms with E-state index >= 15 is 0 Å². The molecule has 38 heavy (non-hydrogen) atoms. The molecule has 1 aromatic carbocycles. The average Bonchev–Trinajstić information content (AvgIpc) is 3.59. The molecule has 2 aromatic rings. The Morgan fingerprint density at radius 3 is 2.84 bits per heavy atom. The van der Waals surface area contributed by atoms with Gasteiger partial charge in [-0.15, -0.1) is 0 Å². The van der Waals surface area contributed by atoms with E-state index < -0.39 is 36.6 Å². The third-order valence-electron chi connectivity index (χ3n) is 6.88. The average molecular weight is 551 g/mol. The molecule has 3 aliphatic rings. The number of urea groups is 1. The molecule has 3 saturated heterocycles. The molecule has 0 radical (unpaired) electrons. The normalized spacial score (nSPS) is 32.3. The summed E-state index contributed by atoms with van der Waals surface area (Å²) in [6.45, 7) is 1.20. The monoisotopic (exact) mass is 550 g/mol. The molecule has 0 aliphatic carbocycles. The first-order chi connectivity index (χ1) is 18.3. The minimum Gasteiger partial charge on any atom is -0.462 e. The number of nitrogens with one attached hydrogen (secondary N) is 4. The maximum absolute atomic E-state index is 12.5. The van der Waals surface area contributed by atoms with Crippen molar-refractivity contribution in [1.29, 1.82) is 0 Å². The van der Waals surface area contributed by atoms with Gasteiger partial charge in [0.25, 0.3) is 0 Å². The third-order valence-corrected chi connectivity index (χ3v) is 8.39. The predicted octanol–water partition coefficient (Wildman–Crippen LogP) is -0.995. The highest BCUT2D eigenvalue weighted by atomic mass is 32.2. The van der Waals surface area contributed by atoms with Crippen molar-refractivity contribution in [1.82, 2.24) is 31.6 Å². The van der Waals surface area contributed by atoms with E-state index in [2.05, 4.69) is 36.2 Å². The molecule has 206 valence electrons. The number of nitrogens with zero attached hydrogens (tertiary/aromatic N) is 2. The first-order valence-corrected chi connectivity index (χ1v) is 13.5. The van der Waals surface area contributed by atoms with Gasteiger partial charge in [-0.3, -0.25) is 9.59 Å². The van der Waals surface area contributed by atoms with Crippen molar-refractivity contribution < 1.29 is 38.7 Å². The molecule has 3 fully saturated rings. The molecule has 4 heterocycles. The number of rotatable bonds is 9. The molecule has 0 bridgehead atoms. The number of aromatic nitrogens is 2. The third kappa shape index (κ3) is 5.80. The summed E-state index contributed by atoms with van der Waals surface area (Å²) in [5.41, 5.74) is 0.962. The molecule has 1 aromatic heterocycles. The molecular weight excluding hydrogens is 520 g/mol. The highest BCUT2D eigenvalue weighted by Crippen LogP contribution is 2.33. The van der Waals surface area contributed by atoms with Gasteiger partial charge in [0.15, 0.2) is 0 Å². The number of hydrogen-bond acceptors (Lipinski definition) is 11. The lowest BCUT2D eigenvalue weighted by Crippen LogP contribution is -2.66. The van der Waals surface area contributed by atoms with Crippen LogP contribution in [0.5, 0.6) is 5.75 Å². The van der Waals surface area contributed by atoms with Gasteiger partial charge >= 0.3 is 6.03 Å². The molecule has 4 amide bonds. The van der Waals surface area contributed by atoms with Crippen LogP contribution in [-0.4, -0.2) is 98.6 Å². The Labute approximate surface area is 221 Å². The summed E-state index contributed by atoms with van der Waals surface area (Å²) in [5.74, 6) is 0.501. The maximum atomic E-state index is 12.5. The van der Waals surface area contributed by atoms with Crippen molar-refractivity contribution in [2.24, 2.45) is 0 Å². The van der Waals surface area contributed by atoms with Crippen LogP contribution in [0.1, 0.15) is 26.2 Å². The molecule has 0 spiro atoms. The largest absolute Gasteiger partial charge is 0.462 e. The van der Waals surface area contributed by atoms with Gasteiger partial charge < -0.3 is 41.0 Å². The van der Waals surface area contributed by atoms with Crippen molar-refractivity contribution in [3.63, 3.8) is 0 Å². The molecule has 14 nitrogen and oxygen atoms in total. The number of carbonyl (C=O) groups is 3. The highest BCUT2D eigenvalue weighted by Gasteiger charge is 2.46. The summed E-state index contributed by atoms with van der Waals surface area (Å²) in [6.07, 6.45) is -3.29. The lowest BCUT2D eigenvalue weighted by molar-refractivity contribution is -0.235. The molecule has 6 N–H and O–H groups in total. The van der Waals surface area contributed by atoms with Crippen LogP contribution in [0.3, 0.4) is 0 Å². The lowest BCUT2D eigenvalue weighted by Gasteiger charge is -2.42. The fraction of sp³-hybridized carbons (Fsp3) is 0.609. The standard InChI is InChI=1S/C23H30N6O8S/c1-10(30)25-19-21(33)20(32)15(36-22(19)35-11-5-6-12-13(7-11)29-37-28-12)8-24-17(31)4-2-3-16-18-14(9-38-16)26-23(34)27-18/h5-7,14-16,18-22,32-33H,2-4,8-9H2,1H3,(H,24,31)(H,25,30)(H2,26,27,34)/t14-,15?,16-,18-,19?,20+,21+,22+/m0/s1. The molecule has 15 heteroatoms. The molecule has 2 unspecified atom stereocenters. The van der Waals surface area contributed by atoms with E-state index in [0.717, 1.165) is 12.2 Å². The minimum atomic E-state index is -1.42. The number of aliphatic hydroxyl groups is 2. The molecule has 5 rings (SSSR count). The SMILES string of the molecule is CC(=O)NC1[C@H](Oc2ccc3nonc3c2)OC(CNC(=O)CCC[C@@H]2SC[C@@H]3NC(=O)N[C@@H]32)[C@@H](O)[C@@H]1O. The Kier molecular flexibility index (Phi) is 7.88. The number of amides is 4. The van der Waals surface area contributed by atoms with Gasteiger partial charge in [0.1, 0.15) is 41.1 Å². The number of fused-ring (bicyclic) bond motifs is 2. The summed E-state index contributed by atoms with van der Waals surface area (Å²) in [5, 5.41) is 40.3. The first kappa shape index (κ1) is 26.5. The van der Waals surface area contributed by atoms with Crippen LogP contribution in [0, 0.1) is 0 Å². The van der Waals surface area contributed by atoms with Gasteiger partial charge in [-0.05, 0) is 35.3 Å². The minimum absolute atomic E-state index is 0.0706. The van der Waals surface area contributed by atoms with Gasteiger partial charge in [0.05, 0.1) is 12.1 Å². The second-order valence-electron chi connectivity index (χ2n) is 9.60. The van der Waals surface area contributed by atoms with Crippen LogP contribution < -0.4 is 26.0 Å². The van der Waals surface area contributed by atoms with Crippen LogP contribution >= 0.6 is 11.8 Å². The molecular formula is C23H30N6O8S. The van der Waals surface area contributed by atoms with E-state index in [1.165, 1.54) is 6.92 Å². The Bertz CT molecular complexity index is 1180. The van der Waals surface area contributed by atoms with Crippen molar-refractivity contribution in [2.45, 2.75) is 74.2 Å². The predicted molar refractivity (Wildman–Crippen MR) is 133 cm³/mol. The van der Waals surface area contributed by atoms with Crippen LogP contribution in [0.15, 0.2) is 22.8 Å². The van der Waals surface area contributed by atoms with E-state index in [1.54, 1.807) is 30.0 Å². The van der Waals surface area contributed by atoms with Crippen LogP contribution in [-0.2, 0) is 14.3 Å². The number of aliphatic hydroxyl groups excluding tert-OH is 2. The van der Waals surface area contributed by atoms with Gasteiger partial charge in [-0.25, -0.2) is 9.42 Å². The Hall–Kier alpha value is -3.14. The van der Waals surface area contributed by atoms with E-state index in [9.17, 15) is 24.6 Å². The van der Waals surface area contributed by atoms with Crippen LogP contribution in [0.2, 0.25) is 0 Å². The highest BCUT2D eigenvalue weighted by molar-refractivity contribution is 8.00. The van der Waals surface area contributed by atoms with Crippen molar-refractivity contribution in [2.75, 3.05) is 12.3 Å². The van der Waals surface area contributed by atoms with Gasteiger partial charge in [-0.2, -0.15) is 11.8 Å². The number of carbonyl (C=O) groups excluding carboxylic acids is 3. The van der Waals surface area contributed by atoms with Crippen molar-refractivity contribution in [3.8, 4) is 5.75 Å². The smallest absolute Gasteiger partial charge is 0.315 e. The number of ether oxygens (including phenoxy) is 2. The molecule has 8 atom stereocenters. The first-order valence-electron chi connectivity index (χ1n) is 12.4.